The van der Waals surface area contributed by atoms with Gasteiger partial charge in [0.1, 0.15) is 35.2 Å². The molecule has 8 heterocycles. The predicted molar refractivity (Wildman–Crippen MR) is 421 cm³/mol. The summed E-state index contributed by atoms with van der Waals surface area (Å²) in [4.78, 5) is 48.2. The largest absolute Gasteiger partial charge is 1.00 e. The molecule has 0 aliphatic carbocycles. The molecule has 11 rings (SSSR count). The van der Waals surface area contributed by atoms with Crippen molar-refractivity contribution in [1.29, 1.82) is 0 Å². The number of hydrogen-bond donors (Lipinski definition) is 5. The third-order valence-electron chi connectivity index (χ3n) is 15.2. The van der Waals surface area contributed by atoms with Gasteiger partial charge in [0.2, 0.25) is 0 Å². The Kier molecular flexibility index (Phi) is 56.3. The van der Waals surface area contributed by atoms with Crippen molar-refractivity contribution in [2.45, 2.75) is 198 Å². The number of alkyl halides is 1. The first kappa shape index (κ1) is 110. The summed E-state index contributed by atoms with van der Waals surface area (Å²) in [6.45, 7) is 33.9. The summed E-state index contributed by atoms with van der Waals surface area (Å²) in [6.07, 6.45) is 22.0. The molecule has 0 bridgehead atoms. The summed E-state index contributed by atoms with van der Waals surface area (Å²) in [5.41, 5.74) is -1.38. The van der Waals surface area contributed by atoms with Crippen LogP contribution in [0.3, 0.4) is 0 Å². The van der Waals surface area contributed by atoms with Gasteiger partial charge in [-0.2, -0.15) is 9.59 Å². The number of aliphatic hydroxyl groups is 1. The summed E-state index contributed by atoms with van der Waals surface area (Å²) in [7, 11) is -7.79. The van der Waals surface area contributed by atoms with Crippen molar-refractivity contribution < 1.29 is 212 Å². The van der Waals surface area contributed by atoms with Crippen molar-refractivity contribution in [3.05, 3.63) is 158 Å². The topological polar surface area (TPSA) is 457 Å². The molecular formula is C73H100B2FK2N10O24S3. The van der Waals surface area contributed by atoms with Gasteiger partial charge in [0.25, 0.3) is 37.9 Å². The number of thiol groups is 1. The number of carbonyl (C=O) groups is 1. The van der Waals surface area contributed by atoms with Crippen molar-refractivity contribution >= 4 is 94.7 Å². The number of hydrogen-bond acceptors (Lipinski definition) is 31. The van der Waals surface area contributed by atoms with Crippen molar-refractivity contribution in [2.24, 2.45) is 0 Å². The van der Waals surface area contributed by atoms with E-state index in [0.717, 1.165) is 101 Å². The van der Waals surface area contributed by atoms with Gasteiger partial charge in [0.15, 0.2) is 23.3 Å². The summed E-state index contributed by atoms with van der Waals surface area (Å²) >= 11 is 4.08. The number of rotatable bonds is 16. The molecule has 4 aromatic heterocycles. The Hall–Kier alpha value is -6.97. The molecule has 1 radical (unpaired) electrons. The Morgan fingerprint density at radius 3 is 1.32 bits per heavy atom. The molecule has 0 amide bonds. The fraction of sp³-hybridized carbons (Fsp3) is 0.452. The number of halogens is 1. The number of aliphatic hydroxyl groups excluding tert-OH is 1. The zero-order valence-electron chi connectivity index (χ0n) is 69.7. The number of ether oxygens (including phenoxy) is 2. The van der Waals surface area contributed by atoms with Crippen LogP contribution < -0.4 is 128 Å². The quantitative estimate of drug-likeness (QED) is 0.0153. The van der Waals surface area contributed by atoms with E-state index in [1.54, 1.807) is 26.8 Å². The van der Waals surface area contributed by atoms with E-state index in [0.29, 0.717) is 17.3 Å². The second kappa shape index (κ2) is 58.8. The first-order valence-electron chi connectivity index (χ1n) is 34.7. The smallest absolute Gasteiger partial charge is 1.00 e. The van der Waals surface area contributed by atoms with Gasteiger partial charge in [0, 0.05) is 85.9 Å². The van der Waals surface area contributed by atoms with E-state index in [9.17, 15) is 41.5 Å². The molecule has 42 heteroatoms. The number of benzene rings is 3. The van der Waals surface area contributed by atoms with E-state index in [4.69, 9.17) is 85.1 Å². The molecule has 0 saturated carbocycles. The zero-order chi connectivity index (χ0) is 86.9. The first-order valence-corrected chi connectivity index (χ1v) is 37.4. The van der Waals surface area contributed by atoms with Crippen LogP contribution in [0.5, 0.6) is 0 Å². The summed E-state index contributed by atoms with van der Waals surface area (Å²) < 4.78 is 120. The van der Waals surface area contributed by atoms with Crippen LogP contribution in [0, 0.1) is 85.0 Å². The van der Waals surface area contributed by atoms with Crippen LogP contribution in [0.15, 0.2) is 148 Å². The van der Waals surface area contributed by atoms with Gasteiger partial charge in [0.05, 0.1) is 56.6 Å². The number of non-ortho nitro benzene ring substituents is 2. The average Bonchev–Trinajstić information content (AvgIpc) is 1.58. The van der Waals surface area contributed by atoms with Crippen LogP contribution in [0.1, 0.15) is 135 Å². The van der Waals surface area contributed by atoms with Gasteiger partial charge < -0.3 is 73.5 Å². The van der Waals surface area contributed by atoms with Crippen LogP contribution in [0.25, 0.3) is 0 Å². The Bertz CT molecular complexity index is 4310. The van der Waals surface area contributed by atoms with Gasteiger partial charge in [-0.25, -0.2) is 21.1 Å². The Labute approximate surface area is 766 Å². The molecule has 4 fully saturated rings. The number of aromatic nitrogens is 4. The Morgan fingerprint density at radius 1 is 0.661 bits per heavy atom. The van der Waals surface area contributed by atoms with Gasteiger partial charge >= 0.3 is 124 Å². The van der Waals surface area contributed by atoms with E-state index < -0.39 is 49.2 Å². The van der Waals surface area contributed by atoms with E-state index in [2.05, 4.69) is 77.7 Å². The molecule has 4 saturated heterocycles. The van der Waals surface area contributed by atoms with Crippen molar-refractivity contribution in [2.75, 3.05) is 53.2 Å². The minimum absolute atomic E-state index is 0. The molecule has 0 spiro atoms. The molecule has 115 heavy (non-hydrogen) atoms. The van der Waals surface area contributed by atoms with Crippen LogP contribution in [0.2, 0.25) is 0 Å². The fourth-order valence-corrected chi connectivity index (χ4v) is 10.6. The van der Waals surface area contributed by atoms with Crippen LogP contribution >= 0.6 is 12.6 Å². The maximum atomic E-state index is 12.8. The molecule has 7 aromatic rings. The van der Waals surface area contributed by atoms with Crippen molar-refractivity contribution in [3.63, 3.8) is 0 Å². The summed E-state index contributed by atoms with van der Waals surface area (Å²) in [5.74, 6) is 12.8. The number of nitro benzene ring substituents is 2. The molecule has 3 aromatic carbocycles. The molecule has 619 valence electrons. The van der Waals surface area contributed by atoms with E-state index >= 15 is 0 Å². The van der Waals surface area contributed by atoms with E-state index in [1.807, 2.05) is 132 Å². The van der Waals surface area contributed by atoms with Gasteiger partial charge in [-0.15, -0.1) is 31.9 Å². The Balaban J connectivity index is -0.000000629. The van der Waals surface area contributed by atoms with Crippen LogP contribution in [-0.4, -0.2) is 160 Å². The molecule has 0 unspecified atom stereocenters. The van der Waals surface area contributed by atoms with E-state index in [-0.39, 0.29) is 191 Å². The minimum atomic E-state index is -4.05. The average molecular weight is 1720 g/mol. The molecule has 4 atom stereocenters. The molecule has 4 N–H and O–H groups in total. The maximum absolute atomic E-state index is 12.8. The predicted octanol–water partition coefficient (Wildman–Crippen LogP) is 5.44. The van der Waals surface area contributed by atoms with E-state index in [1.165, 1.54) is 52.4 Å². The van der Waals surface area contributed by atoms with Crippen LogP contribution in [-0.2, 0) is 67.4 Å². The van der Waals surface area contributed by atoms with Gasteiger partial charge in [-0.05, 0) is 173 Å². The van der Waals surface area contributed by atoms with Crippen molar-refractivity contribution in [1.82, 2.24) is 20.6 Å². The number of aryl methyl sites for hydroxylation is 4. The number of anilines is 4. The number of terminal acetylenes is 3. The number of sulfonamides is 2. The number of nitrogens with one attached hydrogen (secondary N) is 3. The fourth-order valence-electron chi connectivity index (χ4n) is 7.90. The molecular weight excluding hydrogens is 1620 g/mol. The van der Waals surface area contributed by atoms with Crippen molar-refractivity contribution in [3.8, 4) is 37.0 Å². The second-order valence-corrected chi connectivity index (χ2v) is 29.4. The normalized spacial score (nSPS) is 15.3. The monoisotopic (exact) mass is 1720 g/mol. The maximum Gasteiger partial charge on any atom is 1.00 e. The second-order valence-electron chi connectivity index (χ2n) is 25.4. The number of nitrogens with zero attached hydrogens (tertiary/aromatic N) is 7. The number of carbonyl (C=O) groups excluding carboxylic acids is 3. The molecule has 34 nitrogen and oxygen atoms in total. The zero-order valence-corrected chi connectivity index (χ0v) is 76.5. The third-order valence-corrected chi connectivity index (χ3v) is 18.7. The Morgan fingerprint density at radius 2 is 1.03 bits per heavy atom. The summed E-state index contributed by atoms with van der Waals surface area (Å²) in [5, 5.41) is 58.7. The SMILES string of the molecule is C#C[C@@H](C)O.C#C[C@H](C)N(c1cc(C)on1)S(=O)(=O)c1ccc([N+](=O)[O-])cc1.C#C[C@H](C)Nc1cc(C)on1.C1CCOC1.C1CCOC1.CC1(C)O[B]OC1(C)C.Cc1cc(NS(=O)(=O)c2ccc([N+](=O)[O-])cc2)no1.Cc1cc(N[C@@H](C)/C=C/B2OC(C)(C)C(C)(C)O2)no1.O=C=O.O=CO[O-].Sc1ccccc1.[2H]CF.[H-].[K+].[K+]. The first-order chi connectivity index (χ1) is 53.4. The third kappa shape index (κ3) is 45.0. The standard InChI is InChI=1S/C14H23BN2O3.C14H13N3O5S.C10H9N3O5S.C8H10N2O.C6H12BO2.C6H6S.2C4H8O.C4H6O.CH3F.CH2O3.CO2.2K.H/c1-10(16-12-9-11(2)18-17-12)7-8-15-19-13(3,4)14(5,6)20-15;1-4-10(2)16(14-9-11(3)22-15-14)23(20,21)13-7-5-12(6-8-13)17(18)19;1-7-6-10(11-18-7)12-19(16,17)9-4-2-8(3-5-9)13(14)15;1-4-6(2)9-8-5-7(3)11-10-8;1-5(2)6(3,4)9-7-8-5;7-6-4-2-1-3-5-6;2*1-2-4-5-3-1;1-3-4(2)5;1-2;2-1-4-3;2-1-3;;;/h7-10H,1-6H3,(H,16,17);1,5-10H,2-3H3;2-6H,1H3,(H,11,12);1,5-6H,2-3H3,(H,9,10);1-4H3;1-5,7H;2*1-4H2;1,4-5H,2H3;1H3;1,3H;;;;/q;;;;;;;;;;;;2*+1;-1/p-1/b8-7+;;;;;;;;;;;;;;/t2*10-;;6-;;;;;4-;;;;;;/m00.0....1....../s1/i;;;;;;;;;1D;;;;;. The van der Waals surface area contributed by atoms with Gasteiger partial charge in [-0.3, -0.25) is 34.1 Å². The molecule has 4 aliphatic rings. The minimum Gasteiger partial charge on any atom is -1.00 e. The van der Waals surface area contributed by atoms with Gasteiger partial charge in [-0.1, -0.05) is 68.6 Å². The van der Waals surface area contributed by atoms with Crippen LogP contribution in [0.4, 0.5) is 39.0 Å². The number of nitro groups is 2. The summed E-state index contributed by atoms with van der Waals surface area (Å²) in [6, 6.07) is 24.6. The molecule has 4 aliphatic heterocycles.